The van der Waals surface area contributed by atoms with E-state index in [9.17, 15) is 9.90 Å². The monoisotopic (exact) mass is 359 g/mol. The second-order valence-electron chi connectivity index (χ2n) is 8.06. The van der Waals surface area contributed by atoms with Gasteiger partial charge in [-0.1, -0.05) is 0 Å². The van der Waals surface area contributed by atoms with Crippen LogP contribution in [0.3, 0.4) is 0 Å². The molecule has 1 aromatic rings. The number of carbonyl (C=O) groups is 1. The molecule has 1 amide bonds. The summed E-state index contributed by atoms with van der Waals surface area (Å²) >= 11 is 0. The normalized spacial score (nSPS) is 29.9. The SMILES string of the molecule is Cc1ccc(N2CC[C@]3(O)CCN(CCN4CCCC4=O)C[C@@H]3C2)nn1. The number of rotatable bonds is 4. The molecule has 0 saturated carbocycles. The van der Waals surface area contributed by atoms with Crippen LogP contribution >= 0.6 is 0 Å². The molecule has 4 heterocycles. The van der Waals surface area contributed by atoms with Crippen LogP contribution < -0.4 is 4.90 Å². The highest BCUT2D eigenvalue weighted by Gasteiger charge is 2.45. The van der Waals surface area contributed by atoms with E-state index in [1.807, 2.05) is 24.0 Å². The second kappa shape index (κ2) is 7.12. The molecule has 3 aliphatic heterocycles. The molecule has 0 spiro atoms. The van der Waals surface area contributed by atoms with Gasteiger partial charge in [-0.2, -0.15) is 5.10 Å². The van der Waals surface area contributed by atoms with E-state index in [1.54, 1.807) is 0 Å². The number of aromatic nitrogens is 2. The van der Waals surface area contributed by atoms with Gasteiger partial charge in [0.2, 0.25) is 5.91 Å². The van der Waals surface area contributed by atoms with E-state index < -0.39 is 5.60 Å². The first-order valence-electron chi connectivity index (χ1n) is 9.81. The van der Waals surface area contributed by atoms with E-state index in [0.717, 1.165) is 76.6 Å². The van der Waals surface area contributed by atoms with Crippen molar-refractivity contribution in [2.75, 3.05) is 50.7 Å². The van der Waals surface area contributed by atoms with Crippen LogP contribution in [-0.2, 0) is 4.79 Å². The van der Waals surface area contributed by atoms with Crippen LogP contribution in [0.5, 0.6) is 0 Å². The van der Waals surface area contributed by atoms with Crippen LogP contribution in [0.2, 0.25) is 0 Å². The predicted octanol–water partition coefficient (Wildman–Crippen LogP) is 0.671. The Labute approximate surface area is 155 Å². The van der Waals surface area contributed by atoms with Crippen LogP contribution in [0.25, 0.3) is 0 Å². The van der Waals surface area contributed by atoms with E-state index in [2.05, 4.69) is 20.0 Å². The fourth-order valence-electron chi connectivity index (χ4n) is 4.55. The third-order valence-corrected chi connectivity index (χ3v) is 6.32. The Bertz CT molecular complexity index is 652. The van der Waals surface area contributed by atoms with Crippen molar-refractivity contribution in [3.05, 3.63) is 17.8 Å². The Kier molecular flexibility index (Phi) is 4.84. The van der Waals surface area contributed by atoms with E-state index in [4.69, 9.17) is 0 Å². The lowest BCUT2D eigenvalue weighted by atomic mass is 9.75. The fraction of sp³-hybridized carbons (Fsp3) is 0.737. The van der Waals surface area contributed by atoms with Gasteiger partial charge in [-0.15, -0.1) is 5.10 Å². The Morgan fingerprint density at radius 2 is 2.00 bits per heavy atom. The first-order valence-corrected chi connectivity index (χ1v) is 9.81. The Morgan fingerprint density at radius 1 is 1.15 bits per heavy atom. The maximum Gasteiger partial charge on any atom is 0.222 e. The zero-order valence-corrected chi connectivity index (χ0v) is 15.6. The molecule has 3 saturated heterocycles. The molecule has 0 unspecified atom stereocenters. The van der Waals surface area contributed by atoms with Crippen LogP contribution in [0.15, 0.2) is 12.1 Å². The predicted molar refractivity (Wildman–Crippen MR) is 98.9 cm³/mol. The molecule has 0 radical (unpaired) electrons. The summed E-state index contributed by atoms with van der Waals surface area (Å²) in [6.07, 6.45) is 3.30. The molecule has 1 aromatic heterocycles. The second-order valence-corrected chi connectivity index (χ2v) is 8.06. The summed E-state index contributed by atoms with van der Waals surface area (Å²) in [5, 5.41) is 19.6. The molecule has 0 aromatic carbocycles. The van der Waals surface area contributed by atoms with E-state index in [1.165, 1.54) is 0 Å². The van der Waals surface area contributed by atoms with Crippen molar-refractivity contribution in [3.63, 3.8) is 0 Å². The number of piperidine rings is 2. The summed E-state index contributed by atoms with van der Waals surface area (Å²) in [7, 11) is 0. The number of nitrogens with zero attached hydrogens (tertiary/aromatic N) is 5. The first kappa shape index (κ1) is 17.7. The number of aryl methyl sites for hydroxylation is 1. The Hall–Kier alpha value is -1.73. The van der Waals surface area contributed by atoms with Crippen molar-refractivity contribution in [2.24, 2.45) is 5.92 Å². The minimum absolute atomic E-state index is 0.211. The van der Waals surface area contributed by atoms with E-state index in [-0.39, 0.29) is 5.92 Å². The largest absolute Gasteiger partial charge is 0.389 e. The van der Waals surface area contributed by atoms with Gasteiger partial charge >= 0.3 is 0 Å². The average molecular weight is 359 g/mol. The van der Waals surface area contributed by atoms with Crippen molar-refractivity contribution >= 4 is 11.7 Å². The lowest BCUT2D eigenvalue weighted by Crippen LogP contribution is -2.60. The van der Waals surface area contributed by atoms with Gasteiger partial charge in [0, 0.05) is 58.2 Å². The molecule has 0 aliphatic carbocycles. The van der Waals surface area contributed by atoms with E-state index in [0.29, 0.717) is 12.3 Å². The van der Waals surface area contributed by atoms with Crippen LogP contribution in [0.4, 0.5) is 5.82 Å². The summed E-state index contributed by atoms with van der Waals surface area (Å²) in [6, 6.07) is 4.01. The van der Waals surface area contributed by atoms with Crippen LogP contribution in [0, 0.1) is 12.8 Å². The number of hydrogen-bond donors (Lipinski definition) is 1. The molecule has 7 nitrogen and oxygen atoms in total. The standard InChI is InChI=1S/C19H29N5O2/c1-15-4-5-17(21-20-15)24-10-7-19(26)6-9-22(13-16(19)14-24)11-12-23-8-2-3-18(23)25/h4-5,16,26H,2-3,6-14H2,1H3/t16-,19-/m1/s1. The summed E-state index contributed by atoms with van der Waals surface area (Å²) in [5.74, 6) is 1.40. The Morgan fingerprint density at radius 3 is 2.73 bits per heavy atom. The number of aliphatic hydroxyl groups is 1. The number of hydrogen-bond acceptors (Lipinski definition) is 6. The molecule has 1 N–H and O–H groups in total. The molecule has 4 rings (SSSR count). The fourth-order valence-corrected chi connectivity index (χ4v) is 4.55. The van der Waals surface area contributed by atoms with Crippen molar-refractivity contribution in [1.82, 2.24) is 20.0 Å². The molecule has 26 heavy (non-hydrogen) atoms. The average Bonchev–Trinajstić information content (AvgIpc) is 3.05. The lowest BCUT2D eigenvalue weighted by Gasteiger charge is -2.50. The number of anilines is 1. The zero-order valence-electron chi connectivity index (χ0n) is 15.6. The molecule has 142 valence electrons. The quantitative estimate of drug-likeness (QED) is 0.852. The summed E-state index contributed by atoms with van der Waals surface area (Å²) < 4.78 is 0. The highest BCUT2D eigenvalue weighted by atomic mass is 16.3. The summed E-state index contributed by atoms with van der Waals surface area (Å²) in [6.45, 7) is 8.00. The van der Waals surface area contributed by atoms with Crippen LogP contribution in [-0.4, -0.2) is 82.4 Å². The van der Waals surface area contributed by atoms with Gasteiger partial charge in [0.1, 0.15) is 0 Å². The van der Waals surface area contributed by atoms with Gasteiger partial charge < -0.3 is 19.8 Å². The van der Waals surface area contributed by atoms with Crippen LogP contribution in [0.1, 0.15) is 31.4 Å². The van der Waals surface area contributed by atoms with Gasteiger partial charge in [-0.05, 0) is 38.3 Å². The minimum atomic E-state index is -0.561. The molecule has 7 heteroatoms. The van der Waals surface area contributed by atoms with Gasteiger partial charge in [-0.3, -0.25) is 4.79 Å². The summed E-state index contributed by atoms with van der Waals surface area (Å²) in [4.78, 5) is 18.4. The molecule has 0 bridgehead atoms. The van der Waals surface area contributed by atoms with Gasteiger partial charge in [0.05, 0.1) is 11.3 Å². The van der Waals surface area contributed by atoms with Gasteiger partial charge in [0.15, 0.2) is 5.82 Å². The van der Waals surface area contributed by atoms with Crippen molar-refractivity contribution in [1.29, 1.82) is 0 Å². The highest BCUT2D eigenvalue weighted by Crippen LogP contribution is 2.36. The molecule has 3 aliphatic rings. The van der Waals surface area contributed by atoms with Crippen molar-refractivity contribution in [2.45, 2.75) is 38.2 Å². The van der Waals surface area contributed by atoms with Gasteiger partial charge in [0.25, 0.3) is 0 Å². The topological polar surface area (TPSA) is 72.8 Å². The summed E-state index contributed by atoms with van der Waals surface area (Å²) in [5.41, 5.74) is 0.358. The number of carbonyl (C=O) groups excluding carboxylic acids is 1. The smallest absolute Gasteiger partial charge is 0.222 e. The highest BCUT2D eigenvalue weighted by molar-refractivity contribution is 5.78. The molecular formula is C19H29N5O2. The zero-order chi connectivity index (χ0) is 18.1. The van der Waals surface area contributed by atoms with E-state index >= 15 is 0 Å². The maximum atomic E-state index is 11.8. The molecule has 3 fully saturated rings. The third kappa shape index (κ3) is 3.55. The van der Waals surface area contributed by atoms with Crippen molar-refractivity contribution in [3.8, 4) is 0 Å². The minimum Gasteiger partial charge on any atom is -0.389 e. The third-order valence-electron chi connectivity index (χ3n) is 6.32. The van der Waals surface area contributed by atoms with Crippen molar-refractivity contribution < 1.29 is 9.90 Å². The first-order chi connectivity index (χ1) is 12.5. The lowest BCUT2D eigenvalue weighted by molar-refractivity contribution is -0.128. The van der Waals surface area contributed by atoms with Gasteiger partial charge in [-0.25, -0.2) is 0 Å². The molecule has 2 atom stereocenters. The molecular weight excluding hydrogens is 330 g/mol. The number of fused-ring (bicyclic) bond motifs is 1. The maximum absolute atomic E-state index is 11.8. The Balaban J connectivity index is 1.36. The number of amides is 1. The number of likely N-dealkylation sites (tertiary alicyclic amines) is 2.